The highest BCUT2D eigenvalue weighted by molar-refractivity contribution is 6.02. The Morgan fingerprint density at radius 3 is 2.57 bits per heavy atom. The minimum absolute atomic E-state index is 0.0859. The van der Waals surface area contributed by atoms with Crippen molar-refractivity contribution in [2.75, 3.05) is 18.0 Å². The smallest absolute Gasteiger partial charge is 0.418 e. The maximum absolute atomic E-state index is 13.7. The van der Waals surface area contributed by atoms with Crippen molar-refractivity contribution in [1.82, 2.24) is 4.98 Å². The molecular formula is C22H23F4N3O. The maximum atomic E-state index is 13.7. The molecule has 160 valence electrons. The van der Waals surface area contributed by atoms with Crippen LogP contribution in [-0.2, 0) is 6.18 Å². The molecule has 1 heterocycles. The average Bonchev–Trinajstić information content (AvgIpc) is 3.01. The van der Waals surface area contributed by atoms with Gasteiger partial charge in [0.2, 0.25) is 0 Å². The molecule has 30 heavy (non-hydrogen) atoms. The molecule has 1 aromatic heterocycles. The fraction of sp³-hybridized carbons (Fsp3) is 0.318. The first-order chi connectivity index (χ1) is 14.2. The molecule has 4 nitrogen and oxygen atoms in total. The molecule has 0 saturated heterocycles. The van der Waals surface area contributed by atoms with Crippen LogP contribution in [0.1, 0.15) is 37.8 Å². The van der Waals surface area contributed by atoms with Crippen LogP contribution in [0, 0.1) is 5.82 Å². The van der Waals surface area contributed by atoms with E-state index in [2.05, 4.69) is 9.98 Å². The van der Waals surface area contributed by atoms with Gasteiger partial charge in [-0.05, 0) is 49.7 Å². The number of halogens is 4. The van der Waals surface area contributed by atoms with Crippen molar-refractivity contribution in [2.45, 2.75) is 32.9 Å². The van der Waals surface area contributed by atoms with Crippen molar-refractivity contribution in [2.24, 2.45) is 4.99 Å². The van der Waals surface area contributed by atoms with Gasteiger partial charge >= 0.3 is 6.18 Å². The van der Waals surface area contributed by atoms with Gasteiger partial charge in [-0.1, -0.05) is 13.3 Å². The number of alkyl halides is 3. The van der Waals surface area contributed by atoms with E-state index in [1.165, 1.54) is 36.5 Å². The predicted octanol–water partition coefficient (Wildman–Crippen LogP) is 6.41. The lowest BCUT2D eigenvalue weighted by atomic mass is 10.1. The normalized spacial score (nSPS) is 12.2. The monoisotopic (exact) mass is 421 g/mol. The minimum Gasteiger partial charge on any atom is -0.494 e. The van der Waals surface area contributed by atoms with Crippen LogP contribution in [0.15, 0.2) is 41.4 Å². The van der Waals surface area contributed by atoms with Gasteiger partial charge in [-0.3, -0.25) is 4.99 Å². The number of H-pyrrole nitrogens is 1. The third-order valence-electron chi connectivity index (χ3n) is 4.91. The summed E-state index contributed by atoms with van der Waals surface area (Å²) >= 11 is 0. The van der Waals surface area contributed by atoms with Crippen molar-refractivity contribution in [1.29, 1.82) is 0 Å². The highest BCUT2D eigenvalue weighted by Crippen LogP contribution is 2.39. The zero-order chi connectivity index (χ0) is 21.9. The number of anilines is 1. The SMILES string of the molecule is CCCCN(CC)c1ccc(N=Cc2c(O)[nH]c3ccc(F)cc23)cc1C(F)(F)F. The van der Waals surface area contributed by atoms with Crippen molar-refractivity contribution >= 4 is 28.5 Å². The number of rotatable bonds is 7. The number of aliphatic imine (C=N–C) groups is 1. The van der Waals surface area contributed by atoms with E-state index in [1.807, 2.05) is 13.8 Å². The van der Waals surface area contributed by atoms with Gasteiger partial charge in [0.1, 0.15) is 5.82 Å². The van der Waals surface area contributed by atoms with Gasteiger partial charge in [-0.2, -0.15) is 13.2 Å². The molecule has 0 aliphatic rings. The molecule has 2 N–H and O–H groups in total. The lowest BCUT2D eigenvalue weighted by Crippen LogP contribution is -2.26. The molecule has 0 radical (unpaired) electrons. The van der Waals surface area contributed by atoms with Crippen LogP contribution in [0.2, 0.25) is 0 Å². The number of aromatic amines is 1. The van der Waals surface area contributed by atoms with E-state index in [0.717, 1.165) is 18.9 Å². The summed E-state index contributed by atoms with van der Waals surface area (Å²) < 4.78 is 54.7. The second-order valence-corrected chi connectivity index (χ2v) is 6.97. The summed E-state index contributed by atoms with van der Waals surface area (Å²) in [6, 6.07) is 7.85. The third kappa shape index (κ3) is 4.58. The van der Waals surface area contributed by atoms with Crippen molar-refractivity contribution in [3.8, 4) is 5.88 Å². The molecule has 0 unspecified atom stereocenters. The summed E-state index contributed by atoms with van der Waals surface area (Å²) in [6.45, 7) is 4.80. The fourth-order valence-corrected chi connectivity index (χ4v) is 3.35. The number of nitrogens with one attached hydrogen (secondary N) is 1. The van der Waals surface area contributed by atoms with Gasteiger partial charge in [-0.25, -0.2) is 4.39 Å². The van der Waals surface area contributed by atoms with E-state index < -0.39 is 17.6 Å². The van der Waals surface area contributed by atoms with Crippen LogP contribution in [0.3, 0.4) is 0 Å². The van der Waals surface area contributed by atoms with Crippen LogP contribution in [-0.4, -0.2) is 29.4 Å². The zero-order valence-corrected chi connectivity index (χ0v) is 16.7. The lowest BCUT2D eigenvalue weighted by molar-refractivity contribution is -0.137. The van der Waals surface area contributed by atoms with E-state index in [0.29, 0.717) is 24.0 Å². The maximum Gasteiger partial charge on any atom is 0.418 e. The fourth-order valence-electron chi connectivity index (χ4n) is 3.35. The summed E-state index contributed by atoms with van der Waals surface area (Å²) in [5.41, 5.74) is 0.151. The number of benzene rings is 2. The average molecular weight is 421 g/mol. The molecule has 3 rings (SSSR count). The summed E-state index contributed by atoms with van der Waals surface area (Å²) in [5, 5.41) is 10.5. The summed E-state index contributed by atoms with van der Waals surface area (Å²) in [7, 11) is 0. The molecule has 0 aliphatic carbocycles. The Bertz CT molecular complexity index is 1060. The molecule has 0 atom stereocenters. The standard InChI is InChI=1S/C22H23F4N3O/c1-3-5-10-29(4-2)20-9-7-15(12-18(20)22(24,25)26)27-13-17-16-11-14(23)6-8-19(16)28-21(17)30/h6-9,11-13,28,30H,3-5,10H2,1-2H3. The van der Waals surface area contributed by atoms with Crippen LogP contribution in [0.4, 0.5) is 28.9 Å². The van der Waals surface area contributed by atoms with Crippen molar-refractivity contribution in [3.63, 3.8) is 0 Å². The van der Waals surface area contributed by atoms with Gasteiger partial charge in [0.25, 0.3) is 0 Å². The summed E-state index contributed by atoms with van der Waals surface area (Å²) in [5.74, 6) is -0.727. The zero-order valence-electron chi connectivity index (χ0n) is 16.7. The second kappa shape index (κ2) is 8.77. The van der Waals surface area contributed by atoms with E-state index in [9.17, 15) is 22.7 Å². The highest BCUT2D eigenvalue weighted by atomic mass is 19.4. The topological polar surface area (TPSA) is 51.6 Å². The first-order valence-electron chi connectivity index (χ1n) is 9.75. The Labute approximate surface area is 171 Å². The van der Waals surface area contributed by atoms with Gasteiger partial charge < -0.3 is 15.0 Å². The first kappa shape index (κ1) is 21.7. The van der Waals surface area contributed by atoms with Gasteiger partial charge in [0.05, 0.1) is 16.8 Å². The Kier molecular flexibility index (Phi) is 6.34. The highest BCUT2D eigenvalue weighted by Gasteiger charge is 2.35. The molecule has 2 aromatic carbocycles. The molecule has 0 bridgehead atoms. The molecule has 8 heteroatoms. The Balaban J connectivity index is 2.00. The second-order valence-electron chi connectivity index (χ2n) is 6.97. The first-order valence-corrected chi connectivity index (χ1v) is 9.75. The number of aromatic hydroxyl groups is 1. The molecule has 3 aromatic rings. The number of fused-ring (bicyclic) bond motifs is 1. The van der Waals surface area contributed by atoms with Crippen molar-refractivity contribution in [3.05, 3.63) is 53.3 Å². The number of nitrogens with zero attached hydrogens (tertiary/aromatic N) is 2. The van der Waals surface area contributed by atoms with E-state index >= 15 is 0 Å². The number of unbranched alkanes of at least 4 members (excludes halogenated alkanes) is 1. The van der Waals surface area contributed by atoms with Gasteiger partial charge in [0.15, 0.2) is 5.88 Å². The van der Waals surface area contributed by atoms with Crippen LogP contribution in [0.25, 0.3) is 10.9 Å². The molecular weight excluding hydrogens is 398 g/mol. The Hall–Kier alpha value is -3.03. The number of hydrogen-bond donors (Lipinski definition) is 2. The van der Waals surface area contributed by atoms with Crippen LogP contribution in [0.5, 0.6) is 5.88 Å². The molecule has 0 amide bonds. The molecule has 0 spiro atoms. The third-order valence-corrected chi connectivity index (χ3v) is 4.91. The number of aromatic nitrogens is 1. The van der Waals surface area contributed by atoms with Crippen molar-refractivity contribution < 1.29 is 22.7 Å². The van der Waals surface area contributed by atoms with Gasteiger partial charge in [-0.15, -0.1) is 0 Å². The Morgan fingerprint density at radius 2 is 1.90 bits per heavy atom. The Morgan fingerprint density at radius 1 is 1.13 bits per heavy atom. The summed E-state index contributed by atoms with van der Waals surface area (Å²) in [6.07, 6.45) is -1.62. The van der Waals surface area contributed by atoms with Crippen LogP contribution < -0.4 is 4.90 Å². The van der Waals surface area contributed by atoms with E-state index in [4.69, 9.17) is 0 Å². The summed E-state index contributed by atoms with van der Waals surface area (Å²) in [4.78, 5) is 8.50. The quantitative estimate of drug-likeness (QED) is 0.342. The molecule has 0 saturated carbocycles. The lowest BCUT2D eigenvalue weighted by Gasteiger charge is -2.26. The predicted molar refractivity (Wildman–Crippen MR) is 111 cm³/mol. The van der Waals surface area contributed by atoms with E-state index in [1.54, 1.807) is 4.90 Å². The van der Waals surface area contributed by atoms with Gasteiger partial charge in [0, 0.05) is 35.9 Å². The minimum atomic E-state index is -4.54. The molecule has 0 aliphatic heterocycles. The largest absolute Gasteiger partial charge is 0.494 e. The molecule has 0 fully saturated rings. The van der Waals surface area contributed by atoms with E-state index in [-0.39, 0.29) is 22.8 Å². The van der Waals surface area contributed by atoms with Crippen LogP contribution >= 0.6 is 0 Å². The number of hydrogen-bond acceptors (Lipinski definition) is 3.